The van der Waals surface area contributed by atoms with Crippen LogP contribution in [0.4, 0.5) is 0 Å². The average molecular weight is 292 g/mol. The lowest BCUT2D eigenvalue weighted by atomic mass is 9.98. The first-order valence-corrected chi connectivity index (χ1v) is 7.32. The minimum atomic E-state index is 0.101. The lowest BCUT2D eigenvalue weighted by Gasteiger charge is -2.27. The molecule has 1 saturated heterocycles. The fourth-order valence-corrected chi connectivity index (χ4v) is 2.71. The number of nitrogens with zero attached hydrogens (tertiary/aromatic N) is 1. The summed E-state index contributed by atoms with van der Waals surface area (Å²) in [7, 11) is 5.08. The molecule has 1 aliphatic rings. The van der Waals surface area contributed by atoms with Gasteiger partial charge >= 0.3 is 0 Å². The molecule has 1 aromatic carbocycles. The van der Waals surface area contributed by atoms with E-state index >= 15 is 0 Å². The third-order valence-corrected chi connectivity index (χ3v) is 3.89. The lowest BCUT2D eigenvalue weighted by Crippen LogP contribution is -2.41. The zero-order chi connectivity index (χ0) is 15.2. The van der Waals surface area contributed by atoms with E-state index in [9.17, 15) is 4.79 Å². The van der Waals surface area contributed by atoms with Crippen LogP contribution in [0.5, 0.6) is 11.5 Å². The molecule has 21 heavy (non-hydrogen) atoms. The summed E-state index contributed by atoms with van der Waals surface area (Å²) in [4.78, 5) is 14.2. The third kappa shape index (κ3) is 3.88. The first kappa shape index (κ1) is 15.6. The highest BCUT2D eigenvalue weighted by Crippen LogP contribution is 2.28. The number of rotatable bonds is 5. The Hall–Kier alpha value is -1.75. The second-order valence-electron chi connectivity index (χ2n) is 5.43. The summed E-state index contributed by atoms with van der Waals surface area (Å²) in [5, 5.41) is 3.28. The van der Waals surface area contributed by atoms with Gasteiger partial charge in [0.05, 0.1) is 20.1 Å². The Bertz CT molecular complexity index is 484. The standard InChI is InChI=1S/C16H24N2O3/c1-18(16(19)13-5-4-8-17-10-13)11-12-6-7-14(20-2)15(9-12)21-3/h6-7,9,13,17H,4-5,8,10-11H2,1-3H3/t13-/m0/s1. The molecule has 0 unspecified atom stereocenters. The molecule has 5 nitrogen and oxygen atoms in total. The molecule has 1 amide bonds. The van der Waals surface area contributed by atoms with Crippen molar-refractivity contribution in [3.63, 3.8) is 0 Å². The minimum absolute atomic E-state index is 0.101. The van der Waals surface area contributed by atoms with Gasteiger partial charge < -0.3 is 19.7 Å². The molecule has 1 aliphatic heterocycles. The van der Waals surface area contributed by atoms with Crippen LogP contribution in [0.2, 0.25) is 0 Å². The molecule has 1 fully saturated rings. The Balaban J connectivity index is 2.01. The van der Waals surface area contributed by atoms with E-state index < -0.39 is 0 Å². The maximum Gasteiger partial charge on any atom is 0.227 e. The quantitative estimate of drug-likeness (QED) is 0.897. The maximum absolute atomic E-state index is 12.4. The van der Waals surface area contributed by atoms with Crippen LogP contribution in [-0.4, -0.2) is 45.2 Å². The van der Waals surface area contributed by atoms with Gasteiger partial charge in [0.25, 0.3) is 0 Å². The van der Waals surface area contributed by atoms with Gasteiger partial charge in [0.1, 0.15) is 0 Å². The largest absolute Gasteiger partial charge is 0.493 e. The molecule has 0 spiro atoms. The predicted octanol–water partition coefficient (Wildman–Crippen LogP) is 1.66. The van der Waals surface area contributed by atoms with Crippen LogP contribution in [0.1, 0.15) is 18.4 Å². The van der Waals surface area contributed by atoms with E-state index in [-0.39, 0.29) is 11.8 Å². The van der Waals surface area contributed by atoms with E-state index in [2.05, 4.69) is 5.32 Å². The maximum atomic E-state index is 12.4. The minimum Gasteiger partial charge on any atom is -0.493 e. The normalized spacial score (nSPS) is 18.1. The van der Waals surface area contributed by atoms with E-state index in [1.165, 1.54) is 0 Å². The van der Waals surface area contributed by atoms with Crippen LogP contribution in [0.3, 0.4) is 0 Å². The summed E-state index contributed by atoms with van der Waals surface area (Å²) in [6.45, 7) is 2.38. The Morgan fingerprint density at radius 3 is 2.71 bits per heavy atom. The molecule has 1 aromatic rings. The van der Waals surface area contributed by atoms with Gasteiger partial charge in [-0.1, -0.05) is 6.07 Å². The fourth-order valence-electron chi connectivity index (χ4n) is 2.71. The van der Waals surface area contributed by atoms with E-state index in [0.717, 1.165) is 31.5 Å². The molecule has 2 rings (SSSR count). The van der Waals surface area contributed by atoms with Gasteiger partial charge in [-0.3, -0.25) is 4.79 Å². The first-order valence-electron chi connectivity index (χ1n) is 7.32. The van der Waals surface area contributed by atoms with Crippen molar-refractivity contribution < 1.29 is 14.3 Å². The number of methoxy groups -OCH3 is 2. The van der Waals surface area contributed by atoms with Crippen LogP contribution >= 0.6 is 0 Å². The summed E-state index contributed by atoms with van der Waals surface area (Å²) in [5.41, 5.74) is 1.03. The molecule has 116 valence electrons. The van der Waals surface area contributed by atoms with E-state index in [1.807, 2.05) is 25.2 Å². The van der Waals surface area contributed by atoms with E-state index in [4.69, 9.17) is 9.47 Å². The molecule has 0 saturated carbocycles. The molecule has 0 aromatic heterocycles. The molecular weight excluding hydrogens is 268 g/mol. The van der Waals surface area contributed by atoms with Gasteiger partial charge in [-0.2, -0.15) is 0 Å². The number of carbonyl (C=O) groups excluding carboxylic acids is 1. The summed E-state index contributed by atoms with van der Waals surface area (Å²) in [6, 6.07) is 5.75. The highest BCUT2D eigenvalue weighted by atomic mass is 16.5. The van der Waals surface area contributed by atoms with Gasteiger partial charge in [0.2, 0.25) is 5.91 Å². The van der Waals surface area contributed by atoms with Crippen molar-refractivity contribution >= 4 is 5.91 Å². The van der Waals surface area contributed by atoms with Gasteiger partial charge in [0.15, 0.2) is 11.5 Å². The highest BCUT2D eigenvalue weighted by Gasteiger charge is 2.24. The topological polar surface area (TPSA) is 50.8 Å². The molecule has 0 aliphatic carbocycles. The summed E-state index contributed by atoms with van der Waals surface area (Å²) in [6.07, 6.45) is 2.04. The van der Waals surface area contributed by atoms with Gasteiger partial charge in [0, 0.05) is 20.1 Å². The number of ether oxygens (including phenoxy) is 2. The number of hydrogen-bond acceptors (Lipinski definition) is 4. The summed E-state index contributed by atoms with van der Waals surface area (Å²) < 4.78 is 10.5. The van der Waals surface area contributed by atoms with E-state index in [0.29, 0.717) is 18.0 Å². The second-order valence-corrected chi connectivity index (χ2v) is 5.43. The van der Waals surface area contributed by atoms with Gasteiger partial charge in [-0.25, -0.2) is 0 Å². The molecule has 5 heteroatoms. The lowest BCUT2D eigenvalue weighted by molar-refractivity contribution is -0.135. The van der Waals surface area contributed by atoms with Crippen molar-refractivity contribution in [1.29, 1.82) is 0 Å². The van der Waals surface area contributed by atoms with Crippen LogP contribution in [0.25, 0.3) is 0 Å². The number of benzene rings is 1. The van der Waals surface area contributed by atoms with Crippen LogP contribution in [0.15, 0.2) is 18.2 Å². The van der Waals surface area contributed by atoms with Crippen molar-refractivity contribution in [2.24, 2.45) is 5.92 Å². The average Bonchev–Trinajstić information content (AvgIpc) is 2.54. The zero-order valence-corrected chi connectivity index (χ0v) is 13.0. The summed E-state index contributed by atoms with van der Waals surface area (Å²) in [5.74, 6) is 1.70. The van der Waals surface area contributed by atoms with Crippen molar-refractivity contribution in [2.45, 2.75) is 19.4 Å². The smallest absolute Gasteiger partial charge is 0.227 e. The molecule has 1 atom stereocenters. The Labute approximate surface area is 126 Å². The number of nitrogens with one attached hydrogen (secondary N) is 1. The third-order valence-electron chi connectivity index (χ3n) is 3.89. The highest BCUT2D eigenvalue weighted by molar-refractivity contribution is 5.79. The molecular formula is C16H24N2O3. The van der Waals surface area contributed by atoms with Crippen LogP contribution in [-0.2, 0) is 11.3 Å². The van der Waals surface area contributed by atoms with E-state index in [1.54, 1.807) is 19.1 Å². The molecule has 0 radical (unpaired) electrons. The van der Waals surface area contributed by atoms with Gasteiger partial charge in [-0.15, -0.1) is 0 Å². The van der Waals surface area contributed by atoms with Crippen molar-refractivity contribution in [1.82, 2.24) is 10.2 Å². The molecule has 1 N–H and O–H groups in total. The molecule has 1 heterocycles. The van der Waals surface area contributed by atoms with Crippen molar-refractivity contribution in [2.75, 3.05) is 34.4 Å². The van der Waals surface area contributed by atoms with Gasteiger partial charge in [-0.05, 0) is 37.1 Å². The number of hydrogen-bond donors (Lipinski definition) is 1. The SMILES string of the molecule is COc1ccc(CN(C)C(=O)[C@H]2CCCNC2)cc1OC. The Morgan fingerprint density at radius 2 is 2.10 bits per heavy atom. The Morgan fingerprint density at radius 1 is 1.33 bits per heavy atom. The zero-order valence-electron chi connectivity index (χ0n) is 13.0. The van der Waals surface area contributed by atoms with Crippen molar-refractivity contribution in [3.05, 3.63) is 23.8 Å². The van der Waals surface area contributed by atoms with Crippen LogP contribution < -0.4 is 14.8 Å². The Kier molecular flexibility index (Phi) is 5.44. The van der Waals surface area contributed by atoms with Crippen molar-refractivity contribution in [3.8, 4) is 11.5 Å². The second kappa shape index (κ2) is 7.31. The number of carbonyl (C=O) groups is 1. The van der Waals surface area contributed by atoms with Crippen LogP contribution in [0, 0.1) is 5.92 Å². The predicted molar refractivity (Wildman–Crippen MR) is 81.6 cm³/mol. The molecule has 0 bridgehead atoms. The number of amides is 1. The summed E-state index contributed by atoms with van der Waals surface area (Å²) >= 11 is 0. The fraction of sp³-hybridized carbons (Fsp3) is 0.562. The number of piperidine rings is 1. The monoisotopic (exact) mass is 292 g/mol. The first-order chi connectivity index (χ1) is 10.2.